The van der Waals surface area contributed by atoms with Crippen LogP contribution in [0.3, 0.4) is 0 Å². The maximum absolute atomic E-state index is 13.9. The number of fused-ring (bicyclic) bond motifs is 1. The quantitative estimate of drug-likeness (QED) is 0.496. The second-order valence-corrected chi connectivity index (χ2v) is 12.0. The number of nitrogens with zero attached hydrogens (tertiary/aromatic N) is 3. The smallest absolute Gasteiger partial charge is 0.162 e. The minimum Gasteiger partial charge on any atom is -0.493 e. The molecule has 0 amide bonds. The first kappa shape index (κ1) is 25.9. The predicted molar refractivity (Wildman–Crippen MR) is 147 cm³/mol. The van der Waals surface area contributed by atoms with E-state index in [-0.39, 0.29) is 17.0 Å². The number of ether oxygens (including phenoxy) is 2. The summed E-state index contributed by atoms with van der Waals surface area (Å²) in [6.07, 6.45) is 6.06. The predicted octanol–water partition coefficient (Wildman–Crippen LogP) is 5.85. The number of carbonyl (C=O) groups excluding carboxylic acids is 1. The van der Waals surface area contributed by atoms with Crippen molar-refractivity contribution in [3.63, 3.8) is 0 Å². The van der Waals surface area contributed by atoms with Crippen LogP contribution in [0.5, 0.6) is 11.5 Å². The van der Waals surface area contributed by atoms with Gasteiger partial charge in [-0.25, -0.2) is 0 Å². The van der Waals surface area contributed by atoms with Crippen molar-refractivity contribution in [2.45, 2.75) is 64.7 Å². The molecular formula is C30H32N4O3S. The molecule has 0 unspecified atom stereocenters. The first-order valence-corrected chi connectivity index (χ1v) is 13.8. The molecule has 0 saturated carbocycles. The molecule has 1 aromatic carbocycles. The Morgan fingerprint density at radius 3 is 2.47 bits per heavy atom. The van der Waals surface area contributed by atoms with Crippen LogP contribution in [0.25, 0.3) is 0 Å². The van der Waals surface area contributed by atoms with Gasteiger partial charge in [0.1, 0.15) is 16.9 Å². The molecule has 1 aromatic heterocycles. The largest absolute Gasteiger partial charge is 0.493 e. The fraction of sp³-hybridized carbons (Fsp3) is 0.433. The lowest BCUT2D eigenvalue weighted by atomic mass is 9.68. The number of rotatable bonds is 4. The molecule has 1 aliphatic heterocycles. The summed E-state index contributed by atoms with van der Waals surface area (Å²) in [5.74, 6) is 0.733. The molecule has 5 rings (SSSR count). The maximum Gasteiger partial charge on any atom is 0.162 e. The summed E-state index contributed by atoms with van der Waals surface area (Å²) in [5.41, 5.74) is 10.7. The van der Waals surface area contributed by atoms with Gasteiger partial charge in [0.25, 0.3) is 0 Å². The highest BCUT2D eigenvalue weighted by Gasteiger charge is 2.46. The van der Waals surface area contributed by atoms with Crippen molar-refractivity contribution in [2.24, 2.45) is 11.1 Å². The number of ketones is 1. The number of carbonyl (C=O) groups is 1. The Balaban J connectivity index is 1.77. The zero-order valence-corrected chi connectivity index (χ0v) is 23.1. The fourth-order valence-electron chi connectivity index (χ4n) is 6.11. The molecule has 196 valence electrons. The number of hydrogen-bond donors (Lipinski definition) is 1. The minimum absolute atomic E-state index is 0.00193. The van der Waals surface area contributed by atoms with E-state index >= 15 is 0 Å². The average molecular weight is 529 g/mol. The third kappa shape index (κ3) is 4.14. The van der Waals surface area contributed by atoms with Crippen molar-refractivity contribution in [1.29, 1.82) is 10.5 Å². The van der Waals surface area contributed by atoms with Gasteiger partial charge in [-0.3, -0.25) is 9.69 Å². The Morgan fingerprint density at radius 2 is 1.79 bits per heavy atom. The lowest BCUT2D eigenvalue weighted by molar-refractivity contribution is -0.118. The number of allylic oxidation sites excluding steroid dienone is 3. The Bertz CT molecular complexity index is 1470. The van der Waals surface area contributed by atoms with Gasteiger partial charge in [-0.05, 0) is 60.8 Å². The van der Waals surface area contributed by atoms with Gasteiger partial charge in [0.15, 0.2) is 17.3 Å². The normalized spacial score (nSPS) is 20.7. The summed E-state index contributed by atoms with van der Waals surface area (Å²) >= 11 is 1.59. The molecule has 2 aliphatic carbocycles. The number of thiophene rings is 1. The first-order chi connectivity index (χ1) is 18.2. The van der Waals surface area contributed by atoms with Gasteiger partial charge >= 0.3 is 0 Å². The standard InChI is InChI=1S/C30H32N4O3S/c1-30(2)13-21-27(22(35)14-30)26(17-10-11-23(36-3)24(12-17)37-4)20(16-32)28(33)34(21)29-19(15-31)18-8-6-5-7-9-25(18)38-29/h10-12,26H,5-9,13-14,33H2,1-4H3/t26-/m0/s1. The Kier molecular flexibility index (Phi) is 6.71. The first-order valence-electron chi connectivity index (χ1n) is 13.0. The van der Waals surface area contributed by atoms with E-state index in [4.69, 9.17) is 15.2 Å². The molecule has 2 N–H and O–H groups in total. The summed E-state index contributed by atoms with van der Waals surface area (Å²) in [6, 6.07) is 10.2. The molecule has 38 heavy (non-hydrogen) atoms. The minimum atomic E-state index is -0.627. The van der Waals surface area contributed by atoms with Gasteiger partial charge in [-0.2, -0.15) is 10.5 Å². The van der Waals surface area contributed by atoms with E-state index < -0.39 is 5.92 Å². The Labute approximate surface area is 227 Å². The highest BCUT2D eigenvalue weighted by atomic mass is 32.1. The molecule has 3 aliphatic rings. The molecule has 2 aromatic rings. The van der Waals surface area contributed by atoms with E-state index in [1.807, 2.05) is 17.0 Å². The average Bonchev–Trinajstić information content (AvgIpc) is 3.06. The second-order valence-electron chi connectivity index (χ2n) is 11.0. The van der Waals surface area contributed by atoms with E-state index in [9.17, 15) is 15.3 Å². The van der Waals surface area contributed by atoms with E-state index in [0.29, 0.717) is 41.1 Å². The summed E-state index contributed by atoms with van der Waals surface area (Å²) < 4.78 is 10.9. The Morgan fingerprint density at radius 1 is 1.05 bits per heavy atom. The Hall–Kier alpha value is -3.75. The molecule has 0 bridgehead atoms. The number of Topliss-reactive ketones (excluding diaryl/α,β-unsaturated/α-hetero) is 1. The second kappa shape index (κ2) is 9.85. The van der Waals surface area contributed by atoms with Crippen LogP contribution in [0.2, 0.25) is 0 Å². The van der Waals surface area contributed by atoms with E-state index in [0.717, 1.165) is 53.9 Å². The van der Waals surface area contributed by atoms with Crippen LogP contribution in [0.15, 0.2) is 40.9 Å². The number of methoxy groups -OCH3 is 2. The van der Waals surface area contributed by atoms with Gasteiger partial charge < -0.3 is 15.2 Å². The zero-order chi connectivity index (χ0) is 27.2. The summed E-state index contributed by atoms with van der Waals surface area (Å²) in [4.78, 5) is 16.9. The van der Waals surface area contributed by atoms with Crippen LogP contribution in [-0.2, 0) is 17.6 Å². The van der Waals surface area contributed by atoms with Crippen molar-refractivity contribution < 1.29 is 14.3 Å². The van der Waals surface area contributed by atoms with Gasteiger partial charge in [0, 0.05) is 22.6 Å². The van der Waals surface area contributed by atoms with Gasteiger partial charge in [0.2, 0.25) is 0 Å². The van der Waals surface area contributed by atoms with Crippen LogP contribution in [0, 0.1) is 28.1 Å². The lowest BCUT2D eigenvalue weighted by Crippen LogP contribution is -2.42. The van der Waals surface area contributed by atoms with Gasteiger partial charge in [0.05, 0.1) is 37.3 Å². The molecule has 0 spiro atoms. The number of hydrogen-bond acceptors (Lipinski definition) is 8. The van der Waals surface area contributed by atoms with Crippen LogP contribution in [0.4, 0.5) is 5.00 Å². The van der Waals surface area contributed by atoms with Crippen molar-refractivity contribution in [3.8, 4) is 23.6 Å². The molecular weight excluding hydrogens is 496 g/mol. The third-order valence-corrected chi connectivity index (χ3v) is 9.12. The molecule has 0 radical (unpaired) electrons. The summed E-state index contributed by atoms with van der Waals surface area (Å²) in [7, 11) is 3.13. The van der Waals surface area contributed by atoms with Gasteiger partial charge in [-0.1, -0.05) is 26.3 Å². The van der Waals surface area contributed by atoms with Crippen LogP contribution in [0.1, 0.15) is 73.4 Å². The molecule has 7 nitrogen and oxygen atoms in total. The molecule has 8 heteroatoms. The number of benzene rings is 1. The highest BCUT2D eigenvalue weighted by molar-refractivity contribution is 7.16. The molecule has 1 atom stereocenters. The van der Waals surface area contributed by atoms with Crippen molar-refractivity contribution >= 4 is 22.1 Å². The van der Waals surface area contributed by atoms with Crippen LogP contribution >= 0.6 is 11.3 Å². The van der Waals surface area contributed by atoms with Crippen molar-refractivity contribution in [3.05, 3.63) is 62.4 Å². The highest BCUT2D eigenvalue weighted by Crippen LogP contribution is 2.53. The van der Waals surface area contributed by atoms with Crippen LogP contribution < -0.4 is 20.1 Å². The number of aryl methyl sites for hydroxylation is 1. The SMILES string of the molecule is COc1ccc([C@H]2C(C#N)=C(N)N(c3sc4c(c3C#N)CCCCC4)C3=C2C(=O)CC(C)(C)C3)cc1OC. The number of nitriles is 2. The topological polar surface area (TPSA) is 112 Å². The number of nitrogens with two attached hydrogens (primary N) is 1. The monoisotopic (exact) mass is 528 g/mol. The van der Waals surface area contributed by atoms with Crippen LogP contribution in [-0.4, -0.2) is 20.0 Å². The molecule has 0 fully saturated rings. The molecule has 2 heterocycles. The fourth-order valence-corrected chi connectivity index (χ4v) is 7.49. The van der Waals surface area contributed by atoms with Crippen molar-refractivity contribution in [2.75, 3.05) is 19.1 Å². The van der Waals surface area contributed by atoms with E-state index in [2.05, 4.69) is 26.0 Å². The van der Waals surface area contributed by atoms with Crippen molar-refractivity contribution in [1.82, 2.24) is 0 Å². The maximum atomic E-state index is 13.9. The third-order valence-electron chi connectivity index (χ3n) is 7.84. The summed E-state index contributed by atoms with van der Waals surface area (Å²) in [6.45, 7) is 4.15. The lowest BCUT2D eigenvalue weighted by Gasteiger charge is -2.43. The zero-order valence-electron chi connectivity index (χ0n) is 22.3. The van der Waals surface area contributed by atoms with E-state index in [1.54, 1.807) is 31.6 Å². The summed E-state index contributed by atoms with van der Waals surface area (Å²) in [5, 5.41) is 21.4. The van der Waals surface area contributed by atoms with E-state index in [1.165, 1.54) is 4.88 Å². The van der Waals surface area contributed by atoms with Gasteiger partial charge in [-0.15, -0.1) is 11.3 Å². The molecule has 0 saturated heterocycles. The number of anilines is 1.